The van der Waals surface area contributed by atoms with Crippen molar-refractivity contribution >= 4 is 18.3 Å². The molecule has 1 unspecified atom stereocenters. The summed E-state index contributed by atoms with van der Waals surface area (Å²) in [6.45, 7) is 1.88. The second-order valence-electron chi connectivity index (χ2n) is 4.65. The lowest BCUT2D eigenvalue weighted by atomic mass is 10.1. The molecule has 0 saturated heterocycles. The molecule has 2 aliphatic heterocycles. The van der Waals surface area contributed by atoms with E-state index in [1.807, 2.05) is 18.5 Å². The van der Waals surface area contributed by atoms with Crippen LogP contribution in [0.3, 0.4) is 0 Å². The van der Waals surface area contributed by atoms with Gasteiger partial charge in [0.25, 0.3) is 0 Å². The highest BCUT2D eigenvalue weighted by Gasteiger charge is 2.27. The second kappa shape index (κ2) is 7.26. The average Bonchev–Trinajstić information content (AvgIpc) is 3.14. The molecule has 2 N–H and O–H groups in total. The molecule has 1 aromatic carbocycles. The first-order chi connectivity index (χ1) is 10.6. The maximum atomic E-state index is 9.55. The molecule has 0 saturated carbocycles. The van der Waals surface area contributed by atoms with Crippen LogP contribution >= 0.6 is 0 Å². The van der Waals surface area contributed by atoms with Crippen LogP contribution in [0.15, 0.2) is 41.4 Å². The Kier molecular flexibility index (Phi) is 5.13. The van der Waals surface area contributed by atoms with Crippen molar-refractivity contribution in [2.24, 2.45) is 4.99 Å². The molecule has 2 heterocycles. The van der Waals surface area contributed by atoms with Gasteiger partial charge < -0.3 is 19.8 Å². The molecule has 0 amide bonds. The largest absolute Gasteiger partial charge is 0.478 e. The fourth-order valence-electron chi connectivity index (χ4n) is 2.10. The zero-order valence-electron chi connectivity index (χ0n) is 11.8. The van der Waals surface area contributed by atoms with Crippen molar-refractivity contribution in [2.75, 3.05) is 13.1 Å². The van der Waals surface area contributed by atoms with E-state index >= 15 is 0 Å². The Hall–Kier alpha value is -2.83. The van der Waals surface area contributed by atoms with E-state index in [-0.39, 0.29) is 6.23 Å². The van der Waals surface area contributed by atoms with Crippen molar-refractivity contribution in [3.05, 3.63) is 42.0 Å². The monoisotopic (exact) mass is 304 g/mol. The van der Waals surface area contributed by atoms with Crippen LogP contribution in [-0.2, 0) is 16.0 Å². The minimum absolute atomic E-state index is 0.165. The average molecular weight is 304 g/mol. The smallest absolute Gasteiger partial charge is 0.328 e. The maximum absolute atomic E-state index is 9.55. The molecule has 3 rings (SSSR count). The maximum Gasteiger partial charge on any atom is 0.328 e. The third-order valence-corrected chi connectivity index (χ3v) is 3.09. The molecule has 22 heavy (non-hydrogen) atoms. The van der Waals surface area contributed by atoms with Gasteiger partial charge >= 0.3 is 11.9 Å². The summed E-state index contributed by atoms with van der Waals surface area (Å²) < 4.78 is 5.83. The Morgan fingerprint density at radius 1 is 1.23 bits per heavy atom. The van der Waals surface area contributed by atoms with Gasteiger partial charge in [0.05, 0.1) is 12.9 Å². The number of benzene rings is 1. The van der Waals surface area contributed by atoms with Crippen molar-refractivity contribution in [1.82, 2.24) is 4.90 Å². The third-order valence-electron chi connectivity index (χ3n) is 3.09. The van der Waals surface area contributed by atoms with E-state index in [1.165, 1.54) is 5.56 Å². The SMILES string of the molecule is C1=NCCN1C1Cc2ccccc2O1.O=C(O)C=CC(=O)O. The predicted octanol–water partition coefficient (Wildman–Crippen LogP) is 1.00. The van der Waals surface area contributed by atoms with Crippen molar-refractivity contribution in [3.63, 3.8) is 0 Å². The number of fused-ring (bicyclic) bond motifs is 1. The van der Waals surface area contributed by atoms with E-state index in [0.717, 1.165) is 25.3 Å². The Morgan fingerprint density at radius 3 is 2.45 bits per heavy atom. The van der Waals surface area contributed by atoms with Crippen LogP contribution in [0.2, 0.25) is 0 Å². The van der Waals surface area contributed by atoms with Crippen molar-refractivity contribution in [2.45, 2.75) is 12.6 Å². The predicted molar refractivity (Wildman–Crippen MR) is 79.0 cm³/mol. The van der Waals surface area contributed by atoms with Gasteiger partial charge in [-0.1, -0.05) is 18.2 Å². The minimum Gasteiger partial charge on any atom is -0.478 e. The van der Waals surface area contributed by atoms with Gasteiger partial charge in [-0.25, -0.2) is 9.59 Å². The van der Waals surface area contributed by atoms with Gasteiger partial charge in [0, 0.05) is 25.1 Å². The molecule has 7 heteroatoms. The van der Waals surface area contributed by atoms with Crippen molar-refractivity contribution < 1.29 is 24.5 Å². The summed E-state index contributed by atoms with van der Waals surface area (Å²) in [6.07, 6.45) is 4.15. The summed E-state index contributed by atoms with van der Waals surface area (Å²) in [6, 6.07) is 8.23. The van der Waals surface area contributed by atoms with Gasteiger partial charge in [-0.2, -0.15) is 0 Å². The number of rotatable bonds is 3. The second-order valence-corrected chi connectivity index (χ2v) is 4.65. The highest BCUT2D eigenvalue weighted by molar-refractivity contribution is 5.89. The summed E-state index contributed by atoms with van der Waals surface area (Å²) >= 11 is 0. The Morgan fingerprint density at radius 2 is 1.91 bits per heavy atom. The van der Waals surface area contributed by atoms with Crippen LogP contribution in [0, 0.1) is 0 Å². The summed E-state index contributed by atoms with van der Waals surface area (Å²) in [5, 5.41) is 15.6. The summed E-state index contributed by atoms with van der Waals surface area (Å²) in [5.41, 5.74) is 1.30. The van der Waals surface area contributed by atoms with Crippen LogP contribution in [0.5, 0.6) is 5.75 Å². The Labute approximate surface area is 127 Å². The number of nitrogens with zero attached hydrogens (tertiary/aromatic N) is 2. The van der Waals surface area contributed by atoms with Crippen LogP contribution in [-0.4, -0.2) is 52.7 Å². The standard InChI is InChI=1S/C11H12N2O.C4H4O4/c1-2-4-10-9(3-1)7-11(14-10)13-6-5-12-8-13;5-3(6)1-2-4(7)8/h1-4,8,11H,5-7H2;1-2H,(H,5,6)(H,7,8). The van der Waals surface area contributed by atoms with Crippen LogP contribution in [0.1, 0.15) is 5.56 Å². The number of aliphatic carboxylic acids is 2. The highest BCUT2D eigenvalue weighted by atomic mass is 16.5. The molecule has 0 aromatic heterocycles. The molecule has 0 spiro atoms. The van der Waals surface area contributed by atoms with Gasteiger partial charge in [0.2, 0.25) is 0 Å². The normalized spacial score (nSPS) is 18.5. The topological polar surface area (TPSA) is 99.4 Å². The number of para-hydroxylation sites is 1. The van der Waals surface area contributed by atoms with E-state index in [4.69, 9.17) is 14.9 Å². The lowest BCUT2D eigenvalue weighted by molar-refractivity contribution is -0.134. The molecule has 2 aliphatic rings. The molecule has 1 aromatic rings. The molecule has 0 aliphatic carbocycles. The van der Waals surface area contributed by atoms with Crippen LogP contribution in [0.4, 0.5) is 0 Å². The molecular weight excluding hydrogens is 288 g/mol. The van der Waals surface area contributed by atoms with Gasteiger partial charge in [-0.05, 0) is 11.6 Å². The molecule has 116 valence electrons. The molecule has 0 fully saturated rings. The van der Waals surface area contributed by atoms with Gasteiger partial charge in [0.1, 0.15) is 5.75 Å². The number of carboxylic acid groups (broad SMARTS) is 2. The number of ether oxygens (including phenoxy) is 1. The molecular formula is C15H16N2O5. The van der Waals surface area contributed by atoms with Gasteiger partial charge in [-0.15, -0.1) is 0 Å². The highest BCUT2D eigenvalue weighted by Crippen LogP contribution is 2.29. The van der Waals surface area contributed by atoms with E-state index in [9.17, 15) is 9.59 Å². The van der Waals surface area contributed by atoms with E-state index in [0.29, 0.717) is 12.2 Å². The molecule has 0 radical (unpaired) electrons. The number of hydrogen-bond acceptors (Lipinski definition) is 5. The minimum atomic E-state index is -1.26. The Balaban J connectivity index is 0.000000192. The zero-order valence-corrected chi connectivity index (χ0v) is 11.8. The Bertz CT molecular complexity index is 571. The first-order valence-electron chi connectivity index (χ1n) is 6.70. The molecule has 0 bridgehead atoms. The van der Waals surface area contributed by atoms with Crippen LogP contribution in [0.25, 0.3) is 0 Å². The number of aliphatic imine (C=N–C) groups is 1. The quantitative estimate of drug-likeness (QED) is 0.808. The molecule has 1 atom stereocenters. The fourth-order valence-corrected chi connectivity index (χ4v) is 2.10. The number of carboxylic acids is 2. The lowest BCUT2D eigenvalue weighted by Crippen LogP contribution is -2.36. The summed E-state index contributed by atoms with van der Waals surface area (Å²) in [5.74, 6) is -1.49. The summed E-state index contributed by atoms with van der Waals surface area (Å²) in [4.78, 5) is 25.5. The first-order valence-corrected chi connectivity index (χ1v) is 6.70. The first kappa shape index (κ1) is 15.6. The van der Waals surface area contributed by atoms with E-state index in [1.54, 1.807) is 0 Å². The number of hydrogen-bond donors (Lipinski definition) is 2. The number of carbonyl (C=O) groups is 2. The van der Waals surface area contributed by atoms with Crippen LogP contribution < -0.4 is 4.74 Å². The molecule has 7 nitrogen and oxygen atoms in total. The van der Waals surface area contributed by atoms with Gasteiger partial charge in [-0.3, -0.25) is 4.99 Å². The van der Waals surface area contributed by atoms with Crippen molar-refractivity contribution in [1.29, 1.82) is 0 Å². The lowest BCUT2D eigenvalue weighted by Gasteiger charge is -2.21. The third kappa shape index (κ3) is 4.34. The summed E-state index contributed by atoms with van der Waals surface area (Å²) in [7, 11) is 0. The zero-order chi connectivity index (χ0) is 15.9. The fraction of sp³-hybridized carbons (Fsp3) is 0.267. The van der Waals surface area contributed by atoms with E-state index < -0.39 is 11.9 Å². The van der Waals surface area contributed by atoms with Crippen molar-refractivity contribution in [3.8, 4) is 5.75 Å². The van der Waals surface area contributed by atoms with E-state index in [2.05, 4.69) is 22.0 Å². The van der Waals surface area contributed by atoms with Gasteiger partial charge in [0.15, 0.2) is 6.23 Å².